The highest BCUT2D eigenvalue weighted by molar-refractivity contribution is 5.88. The predicted molar refractivity (Wildman–Crippen MR) is 114 cm³/mol. The summed E-state index contributed by atoms with van der Waals surface area (Å²) >= 11 is 0. The fourth-order valence-electron chi connectivity index (χ4n) is 3.65. The first-order valence-electron chi connectivity index (χ1n) is 10.0. The summed E-state index contributed by atoms with van der Waals surface area (Å²) in [6.07, 6.45) is 1.82. The number of rotatable bonds is 8. The van der Waals surface area contributed by atoms with E-state index in [2.05, 4.69) is 0 Å². The van der Waals surface area contributed by atoms with Crippen LogP contribution >= 0.6 is 0 Å². The largest absolute Gasteiger partial charge is 0.489 e. The van der Waals surface area contributed by atoms with E-state index >= 15 is 0 Å². The fraction of sp³-hybridized carbons (Fsp3) is 0.360. The number of carbonyl (C=O) groups excluding carboxylic acids is 2. The second-order valence-corrected chi connectivity index (χ2v) is 8.20. The van der Waals surface area contributed by atoms with Crippen molar-refractivity contribution in [3.05, 3.63) is 77.4 Å². The molecular formula is C25H28O5. The van der Waals surface area contributed by atoms with Crippen LogP contribution in [0.2, 0.25) is 0 Å². The summed E-state index contributed by atoms with van der Waals surface area (Å²) in [5, 5.41) is 0. The van der Waals surface area contributed by atoms with Crippen LogP contribution in [0.5, 0.6) is 5.75 Å². The fourth-order valence-corrected chi connectivity index (χ4v) is 3.65. The van der Waals surface area contributed by atoms with Crippen molar-refractivity contribution < 1.29 is 23.8 Å². The molecule has 0 heterocycles. The van der Waals surface area contributed by atoms with Gasteiger partial charge in [0.15, 0.2) is 0 Å². The van der Waals surface area contributed by atoms with Gasteiger partial charge in [-0.05, 0) is 41.5 Å². The predicted octanol–water partition coefficient (Wildman–Crippen LogP) is 4.70. The van der Waals surface area contributed by atoms with E-state index in [9.17, 15) is 9.59 Å². The SMILES string of the molecule is COC(=O)/C(C)=C/[C@@H]1[C@@H](C(=O)OCc2cccc(OCc3ccccc3)c2)C1(C)C. The molecule has 0 amide bonds. The van der Waals surface area contributed by atoms with Gasteiger partial charge in [0.2, 0.25) is 0 Å². The molecule has 5 nitrogen and oxygen atoms in total. The lowest BCUT2D eigenvalue weighted by Gasteiger charge is -2.09. The Morgan fingerprint density at radius 3 is 2.40 bits per heavy atom. The first-order valence-corrected chi connectivity index (χ1v) is 10.0. The Kier molecular flexibility index (Phi) is 6.60. The highest BCUT2D eigenvalue weighted by Crippen LogP contribution is 2.59. The highest BCUT2D eigenvalue weighted by Gasteiger charge is 2.61. The standard InChI is InChI=1S/C25H28O5/c1-17(23(26)28-4)13-21-22(25(21,2)3)24(27)30-16-19-11-8-12-20(14-19)29-15-18-9-6-5-7-10-18/h5-14,21-22H,15-16H2,1-4H3/b17-13+/t21-,22+/m1/s1. The topological polar surface area (TPSA) is 61.8 Å². The number of allylic oxidation sites excluding steroid dienone is 1. The molecule has 2 aromatic carbocycles. The Morgan fingerprint density at radius 1 is 1.00 bits per heavy atom. The zero-order valence-corrected chi connectivity index (χ0v) is 17.9. The van der Waals surface area contributed by atoms with Crippen molar-refractivity contribution in [2.75, 3.05) is 7.11 Å². The van der Waals surface area contributed by atoms with Gasteiger partial charge in [-0.15, -0.1) is 0 Å². The molecule has 1 saturated carbocycles. The molecular weight excluding hydrogens is 380 g/mol. The maximum atomic E-state index is 12.6. The van der Waals surface area contributed by atoms with Crippen molar-refractivity contribution in [1.29, 1.82) is 0 Å². The van der Waals surface area contributed by atoms with Crippen molar-refractivity contribution in [1.82, 2.24) is 0 Å². The number of hydrogen-bond acceptors (Lipinski definition) is 5. The van der Waals surface area contributed by atoms with E-state index in [1.165, 1.54) is 7.11 Å². The molecule has 30 heavy (non-hydrogen) atoms. The van der Waals surface area contributed by atoms with E-state index < -0.39 is 0 Å². The van der Waals surface area contributed by atoms with Crippen LogP contribution in [-0.4, -0.2) is 19.0 Å². The minimum atomic E-state index is -0.378. The zero-order chi connectivity index (χ0) is 21.7. The molecule has 158 valence electrons. The van der Waals surface area contributed by atoms with Crippen LogP contribution in [0.4, 0.5) is 0 Å². The molecule has 1 aliphatic rings. The number of hydrogen-bond donors (Lipinski definition) is 0. The average molecular weight is 408 g/mol. The summed E-state index contributed by atoms with van der Waals surface area (Å²) in [7, 11) is 1.35. The molecule has 5 heteroatoms. The number of esters is 2. The third kappa shape index (κ3) is 5.09. The van der Waals surface area contributed by atoms with Gasteiger partial charge >= 0.3 is 11.9 Å². The number of ether oxygens (including phenoxy) is 3. The minimum absolute atomic E-state index is 0.0374. The molecule has 0 unspecified atom stereocenters. The Bertz CT molecular complexity index is 930. The number of carbonyl (C=O) groups is 2. The lowest BCUT2D eigenvalue weighted by Crippen LogP contribution is -2.10. The quantitative estimate of drug-likeness (QED) is 0.468. The summed E-state index contributed by atoms with van der Waals surface area (Å²) < 4.78 is 16.1. The van der Waals surface area contributed by atoms with Gasteiger partial charge in [0, 0.05) is 5.57 Å². The lowest BCUT2D eigenvalue weighted by atomic mass is 10.1. The summed E-state index contributed by atoms with van der Waals surface area (Å²) in [5.74, 6) is -0.209. The van der Waals surface area contributed by atoms with Crippen molar-refractivity contribution in [3.63, 3.8) is 0 Å². The summed E-state index contributed by atoms with van der Waals surface area (Å²) in [4.78, 5) is 24.3. The summed E-state index contributed by atoms with van der Waals surface area (Å²) in [6, 6.07) is 17.5. The minimum Gasteiger partial charge on any atom is -0.489 e. The van der Waals surface area contributed by atoms with Gasteiger partial charge in [0.1, 0.15) is 19.0 Å². The molecule has 0 aromatic heterocycles. The Labute approximate surface area is 177 Å². The normalized spacial score (nSPS) is 19.7. The molecule has 1 aliphatic carbocycles. The third-order valence-corrected chi connectivity index (χ3v) is 5.63. The molecule has 0 radical (unpaired) electrons. The lowest BCUT2D eigenvalue weighted by molar-refractivity contribution is -0.147. The van der Waals surface area contributed by atoms with E-state index in [0.717, 1.165) is 16.9 Å². The van der Waals surface area contributed by atoms with E-state index in [1.807, 2.05) is 74.5 Å². The van der Waals surface area contributed by atoms with Crippen LogP contribution < -0.4 is 4.74 Å². The van der Waals surface area contributed by atoms with Crippen molar-refractivity contribution in [2.45, 2.75) is 34.0 Å². The number of methoxy groups -OCH3 is 1. The van der Waals surface area contributed by atoms with E-state index in [-0.39, 0.29) is 35.8 Å². The molecule has 0 aliphatic heterocycles. The molecule has 2 aromatic rings. The second-order valence-electron chi connectivity index (χ2n) is 8.20. The highest BCUT2D eigenvalue weighted by atomic mass is 16.5. The zero-order valence-electron chi connectivity index (χ0n) is 17.9. The van der Waals surface area contributed by atoms with E-state index in [1.54, 1.807) is 6.92 Å². The van der Waals surface area contributed by atoms with Crippen molar-refractivity contribution in [3.8, 4) is 5.75 Å². The second kappa shape index (κ2) is 9.16. The van der Waals surface area contributed by atoms with Crippen LogP contribution in [0.1, 0.15) is 31.9 Å². The molecule has 0 bridgehead atoms. The first kappa shape index (κ1) is 21.6. The maximum absolute atomic E-state index is 12.6. The van der Waals surface area contributed by atoms with Crippen LogP contribution in [0.15, 0.2) is 66.2 Å². The molecule has 3 rings (SSSR count). The van der Waals surface area contributed by atoms with Crippen LogP contribution in [0, 0.1) is 17.3 Å². The van der Waals surface area contributed by atoms with Crippen molar-refractivity contribution >= 4 is 11.9 Å². The smallest absolute Gasteiger partial charge is 0.333 e. The van der Waals surface area contributed by atoms with Gasteiger partial charge < -0.3 is 14.2 Å². The van der Waals surface area contributed by atoms with E-state index in [0.29, 0.717) is 12.2 Å². The third-order valence-electron chi connectivity index (χ3n) is 5.63. The maximum Gasteiger partial charge on any atom is 0.333 e. The van der Waals surface area contributed by atoms with Gasteiger partial charge in [-0.2, -0.15) is 0 Å². The van der Waals surface area contributed by atoms with Crippen LogP contribution in [0.25, 0.3) is 0 Å². The Hall–Kier alpha value is -3.08. The van der Waals surface area contributed by atoms with Crippen LogP contribution in [0.3, 0.4) is 0 Å². The molecule has 0 saturated heterocycles. The Balaban J connectivity index is 1.55. The van der Waals surface area contributed by atoms with Gasteiger partial charge in [-0.25, -0.2) is 4.79 Å². The van der Waals surface area contributed by atoms with E-state index in [4.69, 9.17) is 14.2 Å². The van der Waals surface area contributed by atoms with Gasteiger partial charge in [0.25, 0.3) is 0 Å². The van der Waals surface area contributed by atoms with Gasteiger partial charge in [0.05, 0.1) is 13.0 Å². The average Bonchev–Trinajstić information content (AvgIpc) is 3.30. The number of benzene rings is 2. The summed E-state index contributed by atoms with van der Waals surface area (Å²) in [5.41, 5.74) is 2.22. The molecule has 0 spiro atoms. The van der Waals surface area contributed by atoms with Crippen LogP contribution in [-0.2, 0) is 32.3 Å². The summed E-state index contributed by atoms with van der Waals surface area (Å²) in [6.45, 7) is 6.36. The molecule has 1 fully saturated rings. The Morgan fingerprint density at radius 2 is 1.70 bits per heavy atom. The monoisotopic (exact) mass is 408 g/mol. The van der Waals surface area contributed by atoms with Gasteiger partial charge in [-0.1, -0.05) is 62.4 Å². The van der Waals surface area contributed by atoms with Gasteiger partial charge in [-0.3, -0.25) is 4.79 Å². The molecule has 0 N–H and O–H groups in total. The molecule has 2 atom stereocenters. The first-order chi connectivity index (χ1) is 14.3. The van der Waals surface area contributed by atoms with Crippen molar-refractivity contribution in [2.24, 2.45) is 17.3 Å².